The molecule has 0 bridgehead atoms. The second-order valence-electron chi connectivity index (χ2n) is 4.12. The van der Waals surface area contributed by atoms with E-state index in [-0.39, 0.29) is 18.1 Å². The molecule has 0 aromatic heterocycles. The maximum Gasteiger partial charge on any atom is 0.153 e. The van der Waals surface area contributed by atoms with Gasteiger partial charge in [0.2, 0.25) is 0 Å². The van der Waals surface area contributed by atoms with Gasteiger partial charge in [-0.05, 0) is 24.7 Å². The van der Waals surface area contributed by atoms with Crippen LogP contribution < -0.4 is 10.1 Å². The minimum absolute atomic E-state index is 0.0345. The molecule has 0 fully saturated rings. The summed E-state index contributed by atoms with van der Waals surface area (Å²) in [6, 6.07) is 5.34. The highest BCUT2D eigenvalue weighted by Crippen LogP contribution is 2.22. The Morgan fingerprint density at radius 2 is 2.05 bits per heavy atom. The molecule has 0 atom stereocenters. The minimum atomic E-state index is -2.99. The molecule has 0 saturated heterocycles. The molecule has 0 aliphatic rings. The van der Waals surface area contributed by atoms with Crippen LogP contribution in [0.1, 0.15) is 19.4 Å². The van der Waals surface area contributed by atoms with Crippen molar-refractivity contribution in [1.29, 1.82) is 0 Å². The summed E-state index contributed by atoms with van der Waals surface area (Å²) in [4.78, 5) is 0. The van der Waals surface area contributed by atoms with Gasteiger partial charge in [0.1, 0.15) is 12.4 Å². The van der Waals surface area contributed by atoms with Crippen LogP contribution in [0.2, 0.25) is 5.02 Å². The van der Waals surface area contributed by atoms with Gasteiger partial charge >= 0.3 is 0 Å². The largest absolute Gasteiger partial charge is 0.492 e. The monoisotopic (exact) mass is 305 g/mol. The average molecular weight is 306 g/mol. The van der Waals surface area contributed by atoms with Crippen molar-refractivity contribution in [2.45, 2.75) is 20.4 Å². The van der Waals surface area contributed by atoms with Gasteiger partial charge in [-0.2, -0.15) is 0 Å². The zero-order valence-corrected chi connectivity index (χ0v) is 12.9. The van der Waals surface area contributed by atoms with Crippen LogP contribution in [0.25, 0.3) is 0 Å². The average Bonchev–Trinajstić information content (AvgIpc) is 2.38. The summed E-state index contributed by atoms with van der Waals surface area (Å²) in [5, 5.41) is 3.83. The lowest BCUT2D eigenvalue weighted by Crippen LogP contribution is -2.17. The van der Waals surface area contributed by atoms with Crippen molar-refractivity contribution >= 4 is 21.4 Å². The third kappa shape index (κ3) is 5.80. The third-order valence-electron chi connectivity index (χ3n) is 2.68. The van der Waals surface area contributed by atoms with Crippen molar-refractivity contribution in [3.05, 3.63) is 28.8 Å². The predicted octanol–water partition coefficient (Wildman–Crippen LogP) is 2.26. The van der Waals surface area contributed by atoms with Crippen molar-refractivity contribution in [3.63, 3.8) is 0 Å². The van der Waals surface area contributed by atoms with Crippen LogP contribution in [0.3, 0.4) is 0 Å². The van der Waals surface area contributed by atoms with Gasteiger partial charge in [0.25, 0.3) is 0 Å². The molecule has 6 heteroatoms. The predicted molar refractivity (Wildman–Crippen MR) is 78.7 cm³/mol. The van der Waals surface area contributed by atoms with E-state index in [4.69, 9.17) is 16.3 Å². The van der Waals surface area contributed by atoms with E-state index in [1.54, 1.807) is 19.1 Å². The molecule has 19 heavy (non-hydrogen) atoms. The van der Waals surface area contributed by atoms with Gasteiger partial charge in [-0.1, -0.05) is 25.4 Å². The molecule has 1 rings (SSSR count). The van der Waals surface area contributed by atoms with Crippen LogP contribution in [-0.2, 0) is 16.4 Å². The molecule has 0 unspecified atom stereocenters. The highest BCUT2D eigenvalue weighted by atomic mass is 35.5. The molecule has 0 aliphatic carbocycles. The normalized spacial score (nSPS) is 11.5. The van der Waals surface area contributed by atoms with Crippen LogP contribution in [0, 0.1) is 0 Å². The Morgan fingerprint density at radius 3 is 2.68 bits per heavy atom. The number of nitrogens with one attached hydrogen (secondary N) is 1. The van der Waals surface area contributed by atoms with E-state index in [0.717, 1.165) is 12.1 Å². The number of hydrogen-bond acceptors (Lipinski definition) is 4. The molecule has 4 nitrogen and oxygen atoms in total. The molecule has 108 valence electrons. The number of benzene rings is 1. The molecular formula is C13H20ClNO3S. The summed E-state index contributed by atoms with van der Waals surface area (Å²) in [7, 11) is -2.99. The molecule has 0 aliphatic heterocycles. The lowest BCUT2D eigenvalue weighted by molar-refractivity contribution is 0.336. The first-order valence-electron chi connectivity index (χ1n) is 6.31. The SMILES string of the molecule is CCNCc1cc(Cl)ccc1OCCS(=O)(=O)CC. The standard InChI is InChI=1S/C13H20ClNO3S/c1-3-15-10-11-9-12(14)5-6-13(11)18-7-8-19(16,17)4-2/h5-6,9,15H,3-4,7-8,10H2,1-2H3. The summed E-state index contributed by atoms with van der Waals surface area (Å²) >= 11 is 5.95. The summed E-state index contributed by atoms with van der Waals surface area (Å²) < 4.78 is 28.3. The Labute approximate surface area is 120 Å². The molecule has 0 radical (unpaired) electrons. The quantitative estimate of drug-likeness (QED) is 0.800. The molecule has 1 N–H and O–H groups in total. The minimum Gasteiger partial charge on any atom is -0.492 e. The fourth-order valence-corrected chi connectivity index (χ4v) is 2.33. The molecule has 1 aromatic carbocycles. The van der Waals surface area contributed by atoms with Gasteiger partial charge in [0.15, 0.2) is 9.84 Å². The lowest BCUT2D eigenvalue weighted by Gasteiger charge is -2.12. The number of hydrogen-bond donors (Lipinski definition) is 1. The lowest BCUT2D eigenvalue weighted by atomic mass is 10.2. The van der Waals surface area contributed by atoms with Crippen molar-refractivity contribution in [3.8, 4) is 5.75 Å². The first-order chi connectivity index (χ1) is 8.98. The maximum atomic E-state index is 11.4. The van der Waals surface area contributed by atoms with E-state index in [9.17, 15) is 8.42 Å². The smallest absolute Gasteiger partial charge is 0.153 e. The Bertz CT molecular complexity index is 503. The maximum absolute atomic E-state index is 11.4. The molecule has 0 spiro atoms. The van der Waals surface area contributed by atoms with Crippen LogP contribution >= 0.6 is 11.6 Å². The number of rotatable bonds is 8. The van der Waals surface area contributed by atoms with Crippen LogP contribution in [0.4, 0.5) is 0 Å². The van der Waals surface area contributed by atoms with Crippen molar-refractivity contribution in [2.75, 3.05) is 24.7 Å². The number of halogens is 1. The Balaban J connectivity index is 2.66. The molecule has 0 saturated carbocycles. The van der Waals surface area contributed by atoms with Gasteiger partial charge in [-0.25, -0.2) is 8.42 Å². The van der Waals surface area contributed by atoms with Crippen LogP contribution in [0.15, 0.2) is 18.2 Å². The highest BCUT2D eigenvalue weighted by molar-refractivity contribution is 7.91. The van der Waals surface area contributed by atoms with Crippen molar-refractivity contribution < 1.29 is 13.2 Å². The molecule has 0 amide bonds. The summed E-state index contributed by atoms with van der Waals surface area (Å²) in [5.41, 5.74) is 0.934. The van der Waals surface area contributed by atoms with E-state index in [2.05, 4.69) is 5.32 Å². The number of ether oxygens (including phenoxy) is 1. The first kappa shape index (κ1) is 16.3. The Kier molecular flexibility index (Phi) is 6.62. The van der Waals surface area contributed by atoms with Gasteiger partial charge in [-0.15, -0.1) is 0 Å². The fraction of sp³-hybridized carbons (Fsp3) is 0.538. The van der Waals surface area contributed by atoms with E-state index in [1.165, 1.54) is 0 Å². The summed E-state index contributed by atoms with van der Waals surface area (Å²) in [5.74, 6) is 0.852. The topological polar surface area (TPSA) is 55.4 Å². The second kappa shape index (κ2) is 7.72. The van der Waals surface area contributed by atoms with Gasteiger partial charge in [-0.3, -0.25) is 0 Å². The van der Waals surface area contributed by atoms with Crippen LogP contribution in [-0.4, -0.2) is 33.1 Å². The van der Waals surface area contributed by atoms with Crippen molar-refractivity contribution in [2.24, 2.45) is 0 Å². The van der Waals surface area contributed by atoms with E-state index >= 15 is 0 Å². The van der Waals surface area contributed by atoms with Gasteiger partial charge < -0.3 is 10.1 Å². The third-order valence-corrected chi connectivity index (χ3v) is 4.58. The zero-order valence-electron chi connectivity index (χ0n) is 11.3. The van der Waals surface area contributed by atoms with E-state index < -0.39 is 9.84 Å². The van der Waals surface area contributed by atoms with E-state index in [0.29, 0.717) is 17.3 Å². The number of sulfone groups is 1. The van der Waals surface area contributed by atoms with E-state index in [1.807, 2.05) is 13.0 Å². The zero-order chi connectivity index (χ0) is 14.3. The Hall–Kier alpha value is -0.780. The van der Waals surface area contributed by atoms with Gasteiger partial charge in [0.05, 0.1) is 5.75 Å². The first-order valence-corrected chi connectivity index (χ1v) is 8.50. The van der Waals surface area contributed by atoms with Crippen molar-refractivity contribution in [1.82, 2.24) is 5.32 Å². The summed E-state index contributed by atoms with van der Waals surface area (Å²) in [6.45, 7) is 5.30. The fourth-order valence-electron chi connectivity index (χ4n) is 1.51. The Morgan fingerprint density at radius 1 is 1.32 bits per heavy atom. The second-order valence-corrected chi connectivity index (χ2v) is 7.03. The summed E-state index contributed by atoms with van der Waals surface area (Å²) in [6.07, 6.45) is 0. The van der Waals surface area contributed by atoms with Gasteiger partial charge in [0, 0.05) is 22.9 Å². The van der Waals surface area contributed by atoms with Crippen LogP contribution in [0.5, 0.6) is 5.75 Å². The molecule has 1 aromatic rings. The molecular weight excluding hydrogens is 286 g/mol. The highest BCUT2D eigenvalue weighted by Gasteiger charge is 2.09. The molecule has 0 heterocycles.